The van der Waals surface area contributed by atoms with E-state index in [0.717, 1.165) is 5.69 Å². The molecule has 0 fully saturated rings. The summed E-state index contributed by atoms with van der Waals surface area (Å²) in [6.45, 7) is 4.59. The van der Waals surface area contributed by atoms with Gasteiger partial charge in [0.1, 0.15) is 0 Å². The average Bonchev–Trinajstić information content (AvgIpc) is 1.88. The standard InChI is InChI=1S/C8H12N2.2ClH/c1-6-3-7(2)8(4-9)10-5-6;;/h3,5H,4,9H2,1-2H3;2*1H. The third-order valence-corrected chi connectivity index (χ3v) is 1.52. The van der Waals surface area contributed by atoms with Crippen LogP contribution in [-0.4, -0.2) is 4.98 Å². The zero-order valence-electron chi connectivity index (χ0n) is 7.20. The molecule has 0 saturated heterocycles. The van der Waals surface area contributed by atoms with Gasteiger partial charge in [-0.05, 0) is 25.0 Å². The molecule has 0 radical (unpaired) electrons. The first-order valence-corrected chi connectivity index (χ1v) is 3.36. The number of nitrogens with two attached hydrogens (primary N) is 1. The molecule has 0 aliphatic carbocycles. The smallest absolute Gasteiger partial charge is 0.0568 e. The summed E-state index contributed by atoms with van der Waals surface area (Å²) < 4.78 is 0. The maximum Gasteiger partial charge on any atom is 0.0568 e. The molecule has 1 aromatic rings. The van der Waals surface area contributed by atoms with Crippen LogP contribution >= 0.6 is 24.8 Å². The number of hydrogen-bond acceptors (Lipinski definition) is 2. The van der Waals surface area contributed by atoms with E-state index in [4.69, 9.17) is 5.73 Å². The van der Waals surface area contributed by atoms with Gasteiger partial charge in [-0.15, -0.1) is 24.8 Å². The molecule has 0 amide bonds. The molecule has 1 rings (SSSR count). The zero-order chi connectivity index (χ0) is 7.56. The first-order chi connectivity index (χ1) is 4.74. The quantitative estimate of drug-likeness (QED) is 0.768. The summed E-state index contributed by atoms with van der Waals surface area (Å²) in [5.41, 5.74) is 8.80. The second-order valence-electron chi connectivity index (χ2n) is 2.48. The van der Waals surface area contributed by atoms with E-state index in [1.54, 1.807) is 0 Å². The monoisotopic (exact) mass is 208 g/mol. The van der Waals surface area contributed by atoms with E-state index in [9.17, 15) is 0 Å². The van der Waals surface area contributed by atoms with Gasteiger partial charge in [-0.25, -0.2) is 0 Å². The Kier molecular flexibility index (Phi) is 7.39. The van der Waals surface area contributed by atoms with Crippen molar-refractivity contribution in [1.82, 2.24) is 4.98 Å². The lowest BCUT2D eigenvalue weighted by Gasteiger charge is -2.00. The average molecular weight is 209 g/mol. The molecule has 2 nitrogen and oxygen atoms in total. The molecule has 0 aliphatic heterocycles. The van der Waals surface area contributed by atoms with Crippen LogP contribution in [0.15, 0.2) is 12.3 Å². The van der Waals surface area contributed by atoms with Gasteiger partial charge in [-0.1, -0.05) is 6.07 Å². The Labute approximate surface area is 85.4 Å². The molecule has 4 heteroatoms. The molecule has 0 unspecified atom stereocenters. The van der Waals surface area contributed by atoms with Crippen molar-refractivity contribution in [3.05, 3.63) is 29.1 Å². The number of rotatable bonds is 1. The Morgan fingerprint density at radius 2 is 1.92 bits per heavy atom. The Bertz CT molecular complexity index is 238. The van der Waals surface area contributed by atoms with Crippen LogP contribution in [0.4, 0.5) is 0 Å². The molecule has 1 aromatic heterocycles. The summed E-state index contributed by atoms with van der Waals surface area (Å²) in [5.74, 6) is 0. The SMILES string of the molecule is Cc1cnc(CN)c(C)c1.Cl.Cl. The van der Waals surface area contributed by atoms with Crippen LogP contribution < -0.4 is 5.73 Å². The lowest BCUT2D eigenvalue weighted by Crippen LogP contribution is -2.01. The minimum atomic E-state index is 0. The molecule has 0 atom stereocenters. The summed E-state index contributed by atoms with van der Waals surface area (Å²) in [7, 11) is 0. The molecule has 0 saturated carbocycles. The fourth-order valence-corrected chi connectivity index (χ4v) is 0.957. The fraction of sp³-hybridized carbons (Fsp3) is 0.375. The van der Waals surface area contributed by atoms with E-state index >= 15 is 0 Å². The molecular formula is C8H14Cl2N2. The molecule has 0 spiro atoms. The molecule has 0 bridgehead atoms. The highest BCUT2D eigenvalue weighted by Gasteiger charge is 1.95. The van der Waals surface area contributed by atoms with Crippen LogP contribution in [0.1, 0.15) is 16.8 Å². The van der Waals surface area contributed by atoms with E-state index < -0.39 is 0 Å². The number of halogens is 2. The van der Waals surface area contributed by atoms with E-state index in [1.165, 1.54) is 11.1 Å². The number of aryl methyl sites for hydroxylation is 2. The highest BCUT2D eigenvalue weighted by molar-refractivity contribution is 5.85. The van der Waals surface area contributed by atoms with Crippen molar-refractivity contribution in [3.63, 3.8) is 0 Å². The fourth-order valence-electron chi connectivity index (χ4n) is 0.957. The van der Waals surface area contributed by atoms with Gasteiger partial charge in [0.05, 0.1) is 5.69 Å². The summed E-state index contributed by atoms with van der Waals surface area (Å²) >= 11 is 0. The van der Waals surface area contributed by atoms with Crippen molar-refractivity contribution in [1.29, 1.82) is 0 Å². The van der Waals surface area contributed by atoms with Crippen LogP contribution in [0.3, 0.4) is 0 Å². The van der Waals surface area contributed by atoms with E-state index in [2.05, 4.69) is 11.1 Å². The van der Waals surface area contributed by atoms with Crippen molar-refractivity contribution in [2.24, 2.45) is 5.73 Å². The second-order valence-corrected chi connectivity index (χ2v) is 2.48. The topological polar surface area (TPSA) is 38.9 Å². The molecule has 2 N–H and O–H groups in total. The third kappa shape index (κ3) is 3.39. The van der Waals surface area contributed by atoms with E-state index in [1.807, 2.05) is 20.0 Å². The highest BCUT2D eigenvalue weighted by Crippen LogP contribution is 2.04. The molecular weight excluding hydrogens is 195 g/mol. The van der Waals surface area contributed by atoms with Crippen molar-refractivity contribution in [3.8, 4) is 0 Å². The van der Waals surface area contributed by atoms with Crippen LogP contribution in [0.2, 0.25) is 0 Å². The van der Waals surface area contributed by atoms with Gasteiger partial charge in [0.2, 0.25) is 0 Å². The largest absolute Gasteiger partial charge is 0.325 e. The number of hydrogen-bond donors (Lipinski definition) is 1. The van der Waals surface area contributed by atoms with Gasteiger partial charge in [0.25, 0.3) is 0 Å². The minimum Gasteiger partial charge on any atom is -0.325 e. The molecule has 12 heavy (non-hydrogen) atoms. The maximum absolute atomic E-state index is 5.44. The van der Waals surface area contributed by atoms with E-state index in [-0.39, 0.29) is 24.8 Å². The number of nitrogens with zero attached hydrogens (tertiary/aromatic N) is 1. The van der Waals surface area contributed by atoms with Crippen molar-refractivity contribution in [2.45, 2.75) is 20.4 Å². The highest BCUT2D eigenvalue weighted by atomic mass is 35.5. The summed E-state index contributed by atoms with van der Waals surface area (Å²) in [6.07, 6.45) is 1.84. The summed E-state index contributed by atoms with van der Waals surface area (Å²) in [4.78, 5) is 4.17. The van der Waals surface area contributed by atoms with Gasteiger partial charge in [-0.3, -0.25) is 4.98 Å². The first kappa shape index (κ1) is 14.2. The Morgan fingerprint density at radius 1 is 1.33 bits per heavy atom. The van der Waals surface area contributed by atoms with Crippen LogP contribution in [0, 0.1) is 13.8 Å². The zero-order valence-corrected chi connectivity index (χ0v) is 8.84. The van der Waals surface area contributed by atoms with E-state index in [0.29, 0.717) is 6.54 Å². The summed E-state index contributed by atoms with van der Waals surface area (Å²) in [6, 6.07) is 2.09. The Balaban J connectivity index is 0. The van der Waals surface area contributed by atoms with Crippen LogP contribution in [0.5, 0.6) is 0 Å². The molecule has 0 aromatic carbocycles. The van der Waals surface area contributed by atoms with Crippen LogP contribution in [-0.2, 0) is 6.54 Å². The van der Waals surface area contributed by atoms with Crippen molar-refractivity contribution >= 4 is 24.8 Å². The Morgan fingerprint density at radius 3 is 2.33 bits per heavy atom. The maximum atomic E-state index is 5.44. The van der Waals surface area contributed by atoms with Crippen molar-refractivity contribution in [2.75, 3.05) is 0 Å². The number of pyridine rings is 1. The van der Waals surface area contributed by atoms with Crippen LogP contribution in [0.25, 0.3) is 0 Å². The number of aromatic nitrogens is 1. The lowest BCUT2D eigenvalue weighted by atomic mass is 10.2. The predicted octanol–water partition coefficient (Wildman–Crippen LogP) is 2.00. The second kappa shape index (κ2) is 6.23. The molecule has 1 heterocycles. The van der Waals surface area contributed by atoms with Gasteiger partial charge in [0, 0.05) is 12.7 Å². The van der Waals surface area contributed by atoms with Gasteiger partial charge >= 0.3 is 0 Å². The third-order valence-electron chi connectivity index (χ3n) is 1.52. The first-order valence-electron chi connectivity index (χ1n) is 3.36. The Hall–Kier alpha value is -0.310. The van der Waals surface area contributed by atoms with Crippen molar-refractivity contribution < 1.29 is 0 Å². The summed E-state index contributed by atoms with van der Waals surface area (Å²) in [5, 5.41) is 0. The molecule has 70 valence electrons. The molecule has 0 aliphatic rings. The van der Waals surface area contributed by atoms with Gasteiger partial charge in [0.15, 0.2) is 0 Å². The minimum absolute atomic E-state index is 0. The van der Waals surface area contributed by atoms with Gasteiger partial charge < -0.3 is 5.73 Å². The normalized spacial score (nSPS) is 8.25. The van der Waals surface area contributed by atoms with Gasteiger partial charge in [-0.2, -0.15) is 0 Å². The lowest BCUT2D eigenvalue weighted by molar-refractivity contribution is 0.962. The predicted molar refractivity (Wildman–Crippen MR) is 56.1 cm³/mol.